The molecule has 1 aliphatic heterocycles. The lowest BCUT2D eigenvalue weighted by atomic mass is 9.91. The molecule has 2 rings (SSSR count). The number of hydrogen-bond donors (Lipinski definition) is 1. The fraction of sp³-hybridized carbons (Fsp3) is 1.00. The van der Waals surface area contributed by atoms with Crippen LogP contribution in [0, 0.1) is 5.92 Å². The van der Waals surface area contributed by atoms with Gasteiger partial charge in [0.15, 0.2) is 0 Å². The minimum absolute atomic E-state index is 0.00854. The number of aliphatic hydroxyl groups is 1. The third kappa shape index (κ3) is 2.73. The highest BCUT2D eigenvalue weighted by Gasteiger charge is 2.36. The molecule has 1 heterocycles. The highest BCUT2D eigenvalue weighted by atomic mass is 16.3. The molecule has 2 nitrogen and oxygen atoms in total. The van der Waals surface area contributed by atoms with E-state index in [1.807, 2.05) is 0 Å². The fourth-order valence-corrected chi connectivity index (χ4v) is 2.66. The van der Waals surface area contributed by atoms with Crippen molar-refractivity contribution in [1.82, 2.24) is 4.90 Å². The number of rotatable bonds is 5. The smallest absolute Gasteiger partial charge is 0.0718 e. The van der Waals surface area contributed by atoms with Gasteiger partial charge in [0.1, 0.15) is 0 Å². The lowest BCUT2D eigenvalue weighted by Crippen LogP contribution is -2.51. The maximum absolute atomic E-state index is 10.3. The molecule has 0 radical (unpaired) electrons. The van der Waals surface area contributed by atoms with Gasteiger partial charge in [-0.3, -0.25) is 4.90 Å². The second-order valence-corrected chi connectivity index (χ2v) is 5.88. The third-order valence-electron chi connectivity index (χ3n) is 4.28. The van der Waals surface area contributed by atoms with Crippen LogP contribution < -0.4 is 0 Å². The van der Waals surface area contributed by atoms with Crippen LogP contribution >= 0.6 is 0 Å². The van der Waals surface area contributed by atoms with Gasteiger partial charge in [-0.1, -0.05) is 12.8 Å². The fourth-order valence-electron chi connectivity index (χ4n) is 2.66. The molecule has 1 aliphatic carbocycles. The molecule has 0 aromatic carbocycles. The zero-order chi connectivity index (χ0) is 10.9. The van der Waals surface area contributed by atoms with Gasteiger partial charge in [0.2, 0.25) is 0 Å². The van der Waals surface area contributed by atoms with Crippen LogP contribution in [0.3, 0.4) is 0 Å². The van der Waals surface area contributed by atoms with Crippen molar-refractivity contribution in [1.29, 1.82) is 0 Å². The summed E-state index contributed by atoms with van der Waals surface area (Å²) in [5, 5.41) is 10.3. The average molecular weight is 211 g/mol. The molecule has 0 aromatic heterocycles. The van der Waals surface area contributed by atoms with Crippen LogP contribution in [0.1, 0.15) is 52.4 Å². The Kier molecular flexibility index (Phi) is 3.36. The Hall–Kier alpha value is -0.0800. The van der Waals surface area contributed by atoms with Crippen molar-refractivity contribution in [2.45, 2.75) is 64.0 Å². The first kappa shape index (κ1) is 11.4. The molecule has 2 heteroatoms. The number of aliphatic hydroxyl groups excluding tert-OH is 1. The molecular weight excluding hydrogens is 186 g/mol. The first-order valence-corrected chi connectivity index (χ1v) is 6.54. The minimum atomic E-state index is -0.142. The van der Waals surface area contributed by atoms with Crippen LogP contribution in [-0.4, -0.2) is 34.7 Å². The quantitative estimate of drug-likeness (QED) is 0.755. The van der Waals surface area contributed by atoms with Gasteiger partial charge in [-0.25, -0.2) is 0 Å². The largest absolute Gasteiger partial charge is 0.391 e. The van der Waals surface area contributed by atoms with Crippen LogP contribution in [0.4, 0.5) is 0 Å². The zero-order valence-electron chi connectivity index (χ0n) is 10.2. The van der Waals surface area contributed by atoms with E-state index in [4.69, 9.17) is 0 Å². The predicted molar refractivity (Wildman–Crippen MR) is 62.9 cm³/mol. The molecule has 1 saturated carbocycles. The van der Waals surface area contributed by atoms with Crippen molar-refractivity contribution in [2.75, 3.05) is 13.1 Å². The van der Waals surface area contributed by atoms with E-state index in [1.54, 1.807) is 0 Å². The molecule has 2 fully saturated rings. The van der Waals surface area contributed by atoms with Gasteiger partial charge in [-0.05, 0) is 58.5 Å². The number of likely N-dealkylation sites (tertiary alicyclic amines) is 1. The molecule has 1 unspecified atom stereocenters. The van der Waals surface area contributed by atoms with Crippen molar-refractivity contribution in [3.63, 3.8) is 0 Å². The SMILES string of the molecule is CC(C)(C(O)CCC1CC1)N1CCCC1. The van der Waals surface area contributed by atoms with Crippen LogP contribution in [0.5, 0.6) is 0 Å². The Morgan fingerprint density at radius 2 is 1.87 bits per heavy atom. The van der Waals surface area contributed by atoms with Crippen molar-refractivity contribution >= 4 is 0 Å². The van der Waals surface area contributed by atoms with Crippen molar-refractivity contribution in [3.8, 4) is 0 Å². The highest BCUT2D eigenvalue weighted by Crippen LogP contribution is 2.36. The van der Waals surface area contributed by atoms with E-state index >= 15 is 0 Å². The number of nitrogens with zero attached hydrogens (tertiary/aromatic N) is 1. The van der Waals surface area contributed by atoms with Crippen molar-refractivity contribution < 1.29 is 5.11 Å². The van der Waals surface area contributed by atoms with Gasteiger partial charge in [0, 0.05) is 5.54 Å². The third-order valence-corrected chi connectivity index (χ3v) is 4.28. The summed E-state index contributed by atoms with van der Waals surface area (Å²) >= 11 is 0. The summed E-state index contributed by atoms with van der Waals surface area (Å²) in [6.45, 7) is 6.76. The molecule has 1 N–H and O–H groups in total. The lowest BCUT2D eigenvalue weighted by Gasteiger charge is -2.39. The van der Waals surface area contributed by atoms with Crippen LogP contribution in [-0.2, 0) is 0 Å². The van der Waals surface area contributed by atoms with Gasteiger partial charge in [-0.15, -0.1) is 0 Å². The van der Waals surface area contributed by atoms with Gasteiger partial charge >= 0.3 is 0 Å². The van der Waals surface area contributed by atoms with E-state index in [-0.39, 0.29) is 11.6 Å². The Balaban J connectivity index is 1.81. The Bertz CT molecular complexity index is 205. The molecule has 0 spiro atoms. The predicted octanol–water partition coefficient (Wildman–Crippen LogP) is 2.41. The van der Waals surface area contributed by atoms with E-state index in [0.717, 1.165) is 12.3 Å². The maximum atomic E-state index is 10.3. The second kappa shape index (κ2) is 4.42. The summed E-state index contributed by atoms with van der Waals surface area (Å²) in [5.74, 6) is 0.939. The van der Waals surface area contributed by atoms with Gasteiger partial charge < -0.3 is 5.11 Å². The molecule has 0 amide bonds. The summed E-state index contributed by atoms with van der Waals surface area (Å²) < 4.78 is 0. The van der Waals surface area contributed by atoms with Crippen LogP contribution in [0.2, 0.25) is 0 Å². The van der Waals surface area contributed by atoms with E-state index in [0.29, 0.717) is 0 Å². The van der Waals surface area contributed by atoms with Gasteiger partial charge in [-0.2, -0.15) is 0 Å². The molecule has 1 saturated heterocycles. The van der Waals surface area contributed by atoms with Crippen molar-refractivity contribution in [2.24, 2.45) is 5.92 Å². The van der Waals surface area contributed by atoms with Crippen molar-refractivity contribution in [3.05, 3.63) is 0 Å². The van der Waals surface area contributed by atoms with E-state index < -0.39 is 0 Å². The van der Waals surface area contributed by atoms with E-state index in [1.165, 1.54) is 45.2 Å². The maximum Gasteiger partial charge on any atom is 0.0718 e. The zero-order valence-corrected chi connectivity index (χ0v) is 10.2. The molecule has 0 aromatic rings. The Morgan fingerprint density at radius 3 is 2.40 bits per heavy atom. The van der Waals surface area contributed by atoms with Crippen LogP contribution in [0.25, 0.3) is 0 Å². The van der Waals surface area contributed by atoms with Gasteiger partial charge in [0.05, 0.1) is 6.10 Å². The second-order valence-electron chi connectivity index (χ2n) is 5.88. The topological polar surface area (TPSA) is 23.5 Å². The summed E-state index contributed by atoms with van der Waals surface area (Å²) in [4.78, 5) is 2.46. The highest BCUT2D eigenvalue weighted by molar-refractivity contribution is 4.91. The number of hydrogen-bond acceptors (Lipinski definition) is 2. The molecule has 0 bridgehead atoms. The summed E-state index contributed by atoms with van der Waals surface area (Å²) in [6.07, 6.45) is 7.49. The lowest BCUT2D eigenvalue weighted by molar-refractivity contribution is -0.00366. The van der Waals surface area contributed by atoms with E-state index in [9.17, 15) is 5.11 Å². The summed E-state index contributed by atoms with van der Waals surface area (Å²) in [6, 6.07) is 0. The summed E-state index contributed by atoms with van der Waals surface area (Å²) in [5.41, 5.74) is -0.00854. The molecule has 88 valence electrons. The molecule has 2 aliphatic rings. The molecule has 1 atom stereocenters. The Labute approximate surface area is 93.7 Å². The van der Waals surface area contributed by atoms with Crippen LogP contribution in [0.15, 0.2) is 0 Å². The molecule has 15 heavy (non-hydrogen) atoms. The van der Waals surface area contributed by atoms with E-state index in [2.05, 4.69) is 18.7 Å². The first-order valence-electron chi connectivity index (χ1n) is 6.54. The minimum Gasteiger partial charge on any atom is -0.391 e. The Morgan fingerprint density at radius 1 is 1.27 bits per heavy atom. The normalized spacial score (nSPS) is 25.8. The summed E-state index contributed by atoms with van der Waals surface area (Å²) in [7, 11) is 0. The average Bonchev–Trinajstić information content (AvgIpc) is 2.85. The standard InChI is InChI=1S/C13H25NO/c1-13(2,14-9-3-4-10-14)12(15)8-7-11-5-6-11/h11-12,15H,3-10H2,1-2H3. The molecular formula is C13H25NO. The van der Waals surface area contributed by atoms with Gasteiger partial charge in [0.25, 0.3) is 0 Å². The monoisotopic (exact) mass is 211 g/mol. The first-order chi connectivity index (χ1) is 7.10.